The summed E-state index contributed by atoms with van der Waals surface area (Å²) in [7, 11) is 0. The van der Waals surface area contributed by atoms with Gasteiger partial charge in [-0.2, -0.15) is 0 Å². The summed E-state index contributed by atoms with van der Waals surface area (Å²) in [6, 6.07) is 0.0811. The predicted molar refractivity (Wildman–Crippen MR) is 99.1 cm³/mol. The van der Waals surface area contributed by atoms with Crippen LogP contribution in [-0.4, -0.2) is 57.3 Å². The second-order valence-corrected chi connectivity index (χ2v) is 7.20. The first-order chi connectivity index (χ1) is 12.6. The van der Waals surface area contributed by atoms with Crippen molar-refractivity contribution in [3.63, 3.8) is 0 Å². The molecule has 1 fully saturated rings. The van der Waals surface area contributed by atoms with Gasteiger partial charge in [-0.05, 0) is 32.7 Å². The molecular formula is C17H22N6O2S. The Kier molecular flexibility index (Phi) is 6.24. The van der Waals surface area contributed by atoms with E-state index in [4.69, 9.17) is 0 Å². The summed E-state index contributed by atoms with van der Waals surface area (Å²) in [5.74, 6) is -0.255. The Hall–Kier alpha value is -2.39. The molecule has 8 nitrogen and oxygen atoms in total. The number of hydrogen-bond acceptors (Lipinski definition) is 7. The highest BCUT2D eigenvalue weighted by molar-refractivity contribution is 7.13. The van der Waals surface area contributed by atoms with Crippen molar-refractivity contribution in [1.29, 1.82) is 0 Å². The molecule has 2 aromatic heterocycles. The molecule has 1 atom stereocenters. The van der Waals surface area contributed by atoms with Crippen molar-refractivity contribution in [2.45, 2.75) is 32.2 Å². The van der Waals surface area contributed by atoms with E-state index in [-0.39, 0.29) is 17.9 Å². The quantitative estimate of drug-likeness (QED) is 0.822. The fraction of sp³-hybridized carbons (Fsp3) is 0.471. The lowest BCUT2D eigenvalue weighted by Crippen LogP contribution is -2.37. The Labute approximate surface area is 156 Å². The summed E-state index contributed by atoms with van der Waals surface area (Å²) >= 11 is 1.40. The Balaban J connectivity index is 1.46. The number of thiazole rings is 1. The molecule has 0 saturated carbocycles. The molecule has 0 aromatic carbocycles. The van der Waals surface area contributed by atoms with Crippen molar-refractivity contribution < 1.29 is 9.59 Å². The molecule has 26 heavy (non-hydrogen) atoms. The van der Waals surface area contributed by atoms with Crippen LogP contribution >= 0.6 is 11.3 Å². The first-order valence-electron chi connectivity index (χ1n) is 8.61. The molecule has 0 spiro atoms. The number of carbonyl (C=O) groups is 2. The van der Waals surface area contributed by atoms with Gasteiger partial charge in [0, 0.05) is 30.4 Å². The van der Waals surface area contributed by atoms with Crippen molar-refractivity contribution >= 4 is 28.3 Å². The lowest BCUT2D eigenvalue weighted by Gasteiger charge is -2.19. The lowest BCUT2D eigenvalue weighted by molar-refractivity contribution is -0.117. The van der Waals surface area contributed by atoms with E-state index in [0.717, 1.165) is 38.0 Å². The molecule has 2 aromatic rings. The van der Waals surface area contributed by atoms with Gasteiger partial charge < -0.3 is 10.6 Å². The number of anilines is 1. The average molecular weight is 374 g/mol. The van der Waals surface area contributed by atoms with E-state index >= 15 is 0 Å². The van der Waals surface area contributed by atoms with Gasteiger partial charge in [-0.25, -0.2) is 9.97 Å². The van der Waals surface area contributed by atoms with Crippen LogP contribution in [-0.2, 0) is 4.79 Å². The highest BCUT2D eigenvalue weighted by Crippen LogP contribution is 2.13. The number of aryl methyl sites for hydroxylation is 1. The van der Waals surface area contributed by atoms with Crippen LogP contribution in [0, 0.1) is 6.92 Å². The molecule has 1 aliphatic rings. The molecule has 2 N–H and O–H groups in total. The van der Waals surface area contributed by atoms with E-state index in [0.29, 0.717) is 17.4 Å². The normalized spacial score (nSPS) is 18.1. The van der Waals surface area contributed by atoms with Gasteiger partial charge in [0.25, 0.3) is 5.91 Å². The van der Waals surface area contributed by atoms with Gasteiger partial charge in [-0.3, -0.25) is 19.5 Å². The van der Waals surface area contributed by atoms with E-state index in [1.807, 2.05) is 12.3 Å². The van der Waals surface area contributed by atoms with Crippen molar-refractivity contribution in [3.05, 3.63) is 35.4 Å². The Bertz CT molecular complexity index is 734. The number of nitrogens with zero attached hydrogens (tertiary/aromatic N) is 4. The van der Waals surface area contributed by atoms with Crippen LogP contribution in [0.25, 0.3) is 0 Å². The second-order valence-electron chi connectivity index (χ2n) is 6.31. The summed E-state index contributed by atoms with van der Waals surface area (Å²) in [6.45, 7) is 3.76. The fourth-order valence-electron chi connectivity index (χ4n) is 2.87. The Morgan fingerprint density at radius 2 is 2.12 bits per heavy atom. The van der Waals surface area contributed by atoms with Gasteiger partial charge >= 0.3 is 0 Å². The molecule has 2 amide bonds. The zero-order valence-corrected chi connectivity index (χ0v) is 15.5. The largest absolute Gasteiger partial charge is 0.348 e. The minimum absolute atomic E-state index is 0.0580. The molecule has 3 rings (SSSR count). The lowest BCUT2D eigenvalue weighted by atomic mass is 10.1. The first kappa shape index (κ1) is 18.4. The average Bonchev–Trinajstić information content (AvgIpc) is 3.03. The van der Waals surface area contributed by atoms with E-state index < -0.39 is 0 Å². The summed E-state index contributed by atoms with van der Waals surface area (Å²) in [4.78, 5) is 38.8. The van der Waals surface area contributed by atoms with Crippen LogP contribution in [0.3, 0.4) is 0 Å². The zero-order chi connectivity index (χ0) is 18.4. The number of rotatable bonds is 5. The molecule has 0 aliphatic carbocycles. The molecule has 0 unspecified atom stereocenters. The van der Waals surface area contributed by atoms with Crippen LogP contribution < -0.4 is 10.6 Å². The van der Waals surface area contributed by atoms with Crippen LogP contribution in [0.2, 0.25) is 0 Å². The number of nitrogens with one attached hydrogen (secondary N) is 2. The van der Waals surface area contributed by atoms with E-state index in [1.54, 1.807) is 12.4 Å². The molecular weight excluding hydrogens is 352 g/mol. The second kappa shape index (κ2) is 8.81. The molecule has 3 heterocycles. The topological polar surface area (TPSA) is 100 Å². The number of amides is 2. The zero-order valence-electron chi connectivity index (χ0n) is 14.6. The summed E-state index contributed by atoms with van der Waals surface area (Å²) in [6.07, 6.45) is 7.36. The maximum absolute atomic E-state index is 12.3. The maximum Gasteiger partial charge on any atom is 0.271 e. The summed E-state index contributed by atoms with van der Waals surface area (Å²) < 4.78 is 0. The molecule has 1 aliphatic heterocycles. The monoisotopic (exact) mass is 374 g/mol. The summed E-state index contributed by atoms with van der Waals surface area (Å²) in [5, 5.41) is 8.28. The van der Waals surface area contributed by atoms with Crippen LogP contribution in [0.4, 0.5) is 5.13 Å². The number of likely N-dealkylation sites (tertiary alicyclic amines) is 1. The number of carbonyl (C=O) groups excluding carboxylic acids is 2. The molecule has 9 heteroatoms. The third kappa shape index (κ3) is 5.30. The van der Waals surface area contributed by atoms with Gasteiger partial charge in [0.15, 0.2) is 5.13 Å². The third-order valence-electron chi connectivity index (χ3n) is 4.22. The first-order valence-corrected chi connectivity index (χ1v) is 9.49. The van der Waals surface area contributed by atoms with Crippen LogP contribution in [0.1, 0.15) is 35.4 Å². The van der Waals surface area contributed by atoms with Gasteiger partial charge in [0.2, 0.25) is 5.91 Å². The van der Waals surface area contributed by atoms with Crippen molar-refractivity contribution in [3.8, 4) is 0 Å². The Morgan fingerprint density at radius 1 is 1.23 bits per heavy atom. The maximum atomic E-state index is 12.3. The minimum atomic E-state index is -0.197. The van der Waals surface area contributed by atoms with Crippen LogP contribution in [0.5, 0.6) is 0 Å². The number of hydrogen-bond donors (Lipinski definition) is 2. The van der Waals surface area contributed by atoms with E-state index in [9.17, 15) is 9.59 Å². The SMILES string of the molecule is Cc1cnc(C(=O)N[C@H]2CCCN(CC(=O)Nc3nccs3)CC2)cn1. The molecule has 138 valence electrons. The van der Waals surface area contributed by atoms with Crippen molar-refractivity contribution in [2.75, 3.05) is 25.0 Å². The van der Waals surface area contributed by atoms with Gasteiger partial charge in [-0.15, -0.1) is 11.3 Å². The molecule has 1 saturated heterocycles. The molecule has 0 radical (unpaired) electrons. The summed E-state index contributed by atoms with van der Waals surface area (Å²) in [5.41, 5.74) is 1.11. The standard InChI is InChI=1S/C17H22N6O2S/c1-12-9-20-14(10-19-12)16(25)21-13-3-2-6-23(7-4-13)11-15(24)22-17-18-5-8-26-17/h5,8-10,13H,2-4,6-7,11H2,1H3,(H,21,25)(H,18,22,24)/t13-/m0/s1. The van der Waals surface area contributed by atoms with Crippen molar-refractivity contribution in [2.24, 2.45) is 0 Å². The smallest absolute Gasteiger partial charge is 0.271 e. The Morgan fingerprint density at radius 3 is 2.85 bits per heavy atom. The van der Waals surface area contributed by atoms with Gasteiger partial charge in [-0.1, -0.05) is 0 Å². The highest BCUT2D eigenvalue weighted by atomic mass is 32.1. The number of aromatic nitrogens is 3. The van der Waals surface area contributed by atoms with E-state index in [1.165, 1.54) is 17.5 Å². The van der Waals surface area contributed by atoms with Gasteiger partial charge in [0.1, 0.15) is 5.69 Å². The predicted octanol–water partition coefficient (Wildman–Crippen LogP) is 1.46. The van der Waals surface area contributed by atoms with Gasteiger partial charge in [0.05, 0.1) is 18.4 Å². The van der Waals surface area contributed by atoms with E-state index in [2.05, 4.69) is 30.5 Å². The fourth-order valence-corrected chi connectivity index (χ4v) is 3.42. The highest BCUT2D eigenvalue weighted by Gasteiger charge is 2.21. The third-order valence-corrected chi connectivity index (χ3v) is 4.90. The minimum Gasteiger partial charge on any atom is -0.348 e. The van der Waals surface area contributed by atoms with Crippen molar-refractivity contribution in [1.82, 2.24) is 25.2 Å². The molecule has 0 bridgehead atoms. The van der Waals surface area contributed by atoms with Crippen LogP contribution in [0.15, 0.2) is 24.0 Å².